The van der Waals surface area contributed by atoms with Crippen LogP contribution in [0.2, 0.25) is 0 Å². The highest BCUT2D eigenvalue weighted by molar-refractivity contribution is 14.1. The molecule has 0 saturated heterocycles. The van der Waals surface area contributed by atoms with Gasteiger partial charge in [-0.25, -0.2) is 8.42 Å². The molecule has 0 amide bonds. The second-order valence-corrected chi connectivity index (χ2v) is 9.56. The van der Waals surface area contributed by atoms with Crippen LogP contribution in [0.1, 0.15) is 12.5 Å². The van der Waals surface area contributed by atoms with Crippen molar-refractivity contribution in [3.05, 3.63) is 70.3 Å². The molecule has 164 valence electrons. The van der Waals surface area contributed by atoms with E-state index in [1.165, 1.54) is 4.68 Å². The Labute approximate surface area is 195 Å². The Kier molecular flexibility index (Phi) is 8.15. The van der Waals surface area contributed by atoms with E-state index in [2.05, 4.69) is 38.1 Å². The summed E-state index contributed by atoms with van der Waals surface area (Å²) < 4.78 is 40.4. The average Bonchev–Trinajstić information content (AvgIpc) is 3.28. The van der Waals surface area contributed by atoms with E-state index in [0.29, 0.717) is 12.3 Å². The van der Waals surface area contributed by atoms with Crippen LogP contribution in [0, 0.1) is 5.92 Å². The Morgan fingerprint density at radius 3 is 2.48 bits per heavy atom. The van der Waals surface area contributed by atoms with Gasteiger partial charge >= 0.3 is 0 Å². The van der Waals surface area contributed by atoms with E-state index < -0.39 is 15.9 Å². The van der Waals surface area contributed by atoms with E-state index in [-0.39, 0.29) is 16.8 Å². The summed E-state index contributed by atoms with van der Waals surface area (Å²) in [5.74, 6) is 0.285. The molecule has 0 saturated carbocycles. The number of ether oxygens (including phenoxy) is 2. The smallest absolute Gasteiger partial charge is 0.272 e. The zero-order valence-electron chi connectivity index (χ0n) is 17.1. The minimum Gasteiger partial charge on any atom is -0.497 e. The van der Waals surface area contributed by atoms with Crippen LogP contribution in [0.5, 0.6) is 5.75 Å². The maximum absolute atomic E-state index is 13.1. The van der Waals surface area contributed by atoms with E-state index >= 15 is 0 Å². The molecule has 1 heterocycles. The number of hydrogen-bond donors (Lipinski definition) is 0. The summed E-state index contributed by atoms with van der Waals surface area (Å²) in [6.07, 6.45) is 1.46. The van der Waals surface area contributed by atoms with Crippen molar-refractivity contribution in [2.45, 2.75) is 24.8 Å². The van der Waals surface area contributed by atoms with Gasteiger partial charge in [-0.05, 0) is 50.4 Å². The van der Waals surface area contributed by atoms with Gasteiger partial charge in [0.05, 0.1) is 31.3 Å². The summed E-state index contributed by atoms with van der Waals surface area (Å²) in [7, 11) is -2.14. The molecule has 0 bridgehead atoms. The van der Waals surface area contributed by atoms with Gasteiger partial charge in [-0.15, -0.1) is 0 Å². The molecule has 10 heteroatoms. The number of rotatable bonds is 10. The Bertz CT molecular complexity index is 1100. The lowest BCUT2D eigenvalue weighted by atomic mass is 10.1. The van der Waals surface area contributed by atoms with E-state index in [1.54, 1.807) is 31.4 Å². The summed E-state index contributed by atoms with van der Waals surface area (Å²) in [6, 6.07) is 16.5. The molecule has 0 aliphatic heterocycles. The quantitative estimate of drug-likeness (QED) is 0.354. The lowest BCUT2D eigenvalue weighted by molar-refractivity contribution is 0.0438. The van der Waals surface area contributed by atoms with Crippen molar-refractivity contribution in [1.29, 1.82) is 0 Å². The van der Waals surface area contributed by atoms with Crippen molar-refractivity contribution in [3.63, 3.8) is 0 Å². The number of nitrogens with zero attached hydrogens (tertiary/aromatic N) is 4. The van der Waals surface area contributed by atoms with E-state index in [0.717, 1.165) is 11.3 Å². The number of methoxy groups -OCH3 is 1. The van der Waals surface area contributed by atoms with Crippen LogP contribution < -0.4 is 4.74 Å². The van der Waals surface area contributed by atoms with E-state index in [1.807, 2.05) is 47.4 Å². The molecular weight excluding hydrogens is 531 g/mol. The van der Waals surface area contributed by atoms with Crippen molar-refractivity contribution in [2.24, 2.45) is 5.92 Å². The molecule has 2 atom stereocenters. The van der Waals surface area contributed by atoms with Gasteiger partial charge in [-0.1, -0.05) is 64.9 Å². The van der Waals surface area contributed by atoms with Gasteiger partial charge in [-0.2, -0.15) is 4.68 Å². The number of benzene rings is 2. The first-order valence-electron chi connectivity index (χ1n) is 9.52. The van der Waals surface area contributed by atoms with Crippen LogP contribution in [-0.2, 0) is 21.2 Å². The lowest BCUT2D eigenvalue weighted by Crippen LogP contribution is -2.28. The molecule has 0 aliphatic rings. The molecule has 0 N–H and O–H groups in total. The maximum Gasteiger partial charge on any atom is 0.272 e. The highest BCUT2D eigenvalue weighted by Gasteiger charge is 2.29. The molecule has 2 aromatic carbocycles. The molecule has 8 nitrogen and oxygen atoms in total. The second-order valence-electron chi connectivity index (χ2n) is 6.91. The molecule has 3 aromatic rings. The fourth-order valence-electron chi connectivity index (χ4n) is 3.01. The number of hydrogen-bond acceptors (Lipinski definition) is 7. The zero-order valence-corrected chi connectivity index (χ0v) is 20.1. The number of para-hydroxylation sites is 1. The lowest BCUT2D eigenvalue weighted by Gasteiger charge is -2.21. The van der Waals surface area contributed by atoms with Crippen molar-refractivity contribution in [3.8, 4) is 11.4 Å². The van der Waals surface area contributed by atoms with Gasteiger partial charge in [0.25, 0.3) is 5.16 Å². The molecule has 0 spiro atoms. The minimum absolute atomic E-state index is 0.158. The highest BCUT2D eigenvalue weighted by atomic mass is 127. The third kappa shape index (κ3) is 6.11. The van der Waals surface area contributed by atoms with Crippen LogP contribution in [0.25, 0.3) is 5.69 Å². The van der Waals surface area contributed by atoms with Crippen molar-refractivity contribution < 1.29 is 17.9 Å². The first kappa shape index (κ1) is 23.4. The minimum atomic E-state index is -3.76. The normalized spacial score (nSPS) is 13.9. The Morgan fingerprint density at radius 2 is 1.84 bits per heavy atom. The topological polar surface area (TPSA) is 96.2 Å². The standard InChI is InChI=1S/C21H23IN4O4S/c1-16(20(12-13-22)30-14-17-8-10-19(29-2)11-9-17)15-31(27,28)21-23-24-25-26(21)18-6-4-3-5-7-18/h3-13,16,20H,14-15H2,1-2H3/t16-,20-/m0/s1. The number of halogens is 1. The van der Waals surface area contributed by atoms with Crippen LogP contribution in [0.4, 0.5) is 0 Å². The maximum atomic E-state index is 13.1. The summed E-state index contributed by atoms with van der Waals surface area (Å²) in [4.78, 5) is 0. The predicted octanol–water partition coefficient (Wildman–Crippen LogP) is 3.61. The van der Waals surface area contributed by atoms with Gasteiger partial charge in [0.1, 0.15) is 5.75 Å². The third-order valence-electron chi connectivity index (χ3n) is 4.63. The Hall–Kier alpha value is -2.31. The van der Waals surface area contributed by atoms with Crippen LogP contribution in [-0.4, -0.2) is 47.6 Å². The summed E-state index contributed by atoms with van der Waals surface area (Å²) in [5, 5.41) is 11.0. The van der Waals surface area contributed by atoms with E-state index in [9.17, 15) is 8.42 Å². The number of aromatic nitrogens is 4. The molecule has 0 fully saturated rings. The highest BCUT2D eigenvalue weighted by Crippen LogP contribution is 2.21. The van der Waals surface area contributed by atoms with Crippen molar-refractivity contribution >= 4 is 32.4 Å². The van der Waals surface area contributed by atoms with Crippen LogP contribution >= 0.6 is 22.6 Å². The van der Waals surface area contributed by atoms with Crippen molar-refractivity contribution in [1.82, 2.24) is 20.2 Å². The molecule has 3 rings (SSSR count). The summed E-state index contributed by atoms with van der Waals surface area (Å²) in [5.41, 5.74) is 1.55. The molecule has 0 radical (unpaired) electrons. The fraction of sp³-hybridized carbons (Fsp3) is 0.286. The number of sulfone groups is 1. The van der Waals surface area contributed by atoms with Crippen molar-refractivity contribution in [2.75, 3.05) is 12.9 Å². The van der Waals surface area contributed by atoms with Gasteiger partial charge in [-0.3, -0.25) is 0 Å². The zero-order chi connectivity index (χ0) is 22.3. The van der Waals surface area contributed by atoms with Gasteiger partial charge < -0.3 is 9.47 Å². The monoisotopic (exact) mass is 554 g/mol. The first-order valence-corrected chi connectivity index (χ1v) is 12.4. The Balaban J connectivity index is 1.72. The third-order valence-corrected chi connectivity index (χ3v) is 6.82. The summed E-state index contributed by atoms with van der Waals surface area (Å²) >= 11 is 2.10. The summed E-state index contributed by atoms with van der Waals surface area (Å²) in [6.45, 7) is 2.19. The van der Waals surface area contributed by atoms with Crippen LogP contribution in [0.15, 0.2) is 69.9 Å². The van der Waals surface area contributed by atoms with Gasteiger partial charge in [0.2, 0.25) is 9.84 Å². The largest absolute Gasteiger partial charge is 0.497 e. The fourth-order valence-corrected chi connectivity index (χ4v) is 5.02. The molecule has 1 aromatic heterocycles. The molecule has 0 aliphatic carbocycles. The average molecular weight is 554 g/mol. The molecular formula is C21H23IN4O4S. The van der Waals surface area contributed by atoms with E-state index in [4.69, 9.17) is 9.47 Å². The molecule has 0 unspecified atom stereocenters. The predicted molar refractivity (Wildman–Crippen MR) is 125 cm³/mol. The van der Waals surface area contributed by atoms with Gasteiger partial charge in [0.15, 0.2) is 0 Å². The first-order chi connectivity index (χ1) is 14.9. The Morgan fingerprint density at radius 1 is 1.13 bits per heavy atom. The second kappa shape index (κ2) is 10.8. The molecule has 31 heavy (non-hydrogen) atoms. The van der Waals surface area contributed by atoms with Crippen LogP contribution in [0.3, 0.4) is 0 Å². The number of tetrazole rings is 1. The van der Waals surface area contributed by atoms with Gasteiger partial charge in [0, 0.05) is 5.92 Å². The SMILES string of the molecule is COc1ccc(CO[C@@H](C=CI)[C@@H](C)CS(=O)(=O)c2nnnn2-c2ccccc2)cc1.